The first kappa shape index (κ1) is 75.7. The average molecular weight is 1000 g/mol. The van der Waals surface area contributed by atoms with E-state index in [2.05, 4.69) is 57.4 Å². The molecule has 0 heterocycles. The van der Waals surface area contributed by atoms with Crippen LogP contribution in [-0.4, -0.2) is 105 Å². The van der Waals surface area contributed by atoms with E-state index in [1.54, 1.807) is 42.5 Å². The van der Waals surface area contributed by atoms with Crippen LogP contribution in [0.2, 0.25) is 0 Å². The van der Waals surface area contributed by atoms with Gasteiger partial charge in [-0.2, -0.15) is 0 Å². The minimum Gasteiger partial charge on any atom is -0.670 e. The molecule has 0 saturated heterocycles. The fraction of sp³-hybridized carbons (Fsp3) is 0.509. The second kappa shape index (κ2) is 61.9. The fourth-order valence-corrected chi connectivity index (χ4v) is 5.09. The van der Waals surface area contributed by atoms with Gasteiger partial charge in [-0.1, -0.05) is 192 Å². The number of carboxylic acids is 3. The minimum absolute atomic E-state index is 0. The standard InChI is InChI=1S/C22H32O4.C22H34O2.C7H14NO2.C6H13N2O2.Mg/c1-2-3-10-15-20(23)17-12-8-9-13-18-21(24)16-11-6-4-5-7-14-19-22(25)26;1-3-5-7-8-9-10-14-18-22(24)20-16-12-11-15-19-21(23)17-13-6-4-2;1-6(7(9)10)4-2-3-5-8;7-4-2-1-3-5(8)6(9)10;/h3,5-13,17-18,20-21,23-24H,2,4,14-16,19H2,1H3,(H,25,26);6-8,10-16,19-24H,3-5,9,17-18H2,1-2H3;6H,1-5,8H2,(H,9,10);5,8H,1-4,7H2,(H,9,10);/q;;2*-1;+2/p-1/b7-5-,9-8-,10-3-,11-6-,17-12+,18-13+;8-7-,12-11-,13-6-,14-10-,19-15+,20-16+;;;/t20-,21-;21-,22-;6-;5-;/m0000./s1. The summed E-state index contributed by atoms with van der Waals surface area (Å²) >= 11 is 0. The summed E-state index contributed by atoms with van der Waals surface area (Å²) in [6.45, 7) is 11.4. The Hall–Kier alpha value is -4.22. The smallest absolute Gasteiger partial charge is 0.670 e. The number of rotatable bonds is 37. The van der Waals surface area contributed by atoms with Gasteiger partial charge in [0.2, 0.25) is 0 Å². The molecule has 71 heavy (non-hydrogen) atoms. The largest absolute Gasteiger partial charge is 2.00 e. The van der Waals surface area contributed by atoms with Gasteiger partial charge < -0.3 is 74.3 Å². The quantitative estimate of drug-likeness (QED) is 0.0152. The van der Waals surface area contributed by atoms with E-state index < -0.39 is 54.3 Å². The van der Waals surface area contributed by atoms with Crippen molar-refractivity contribution in [1.29, 1.82) is 0 Å². The number of nitrogens with one attached hydrogen (secondary N) is 1. The Morgan fingerprint density at radius 2 is 0.859 bits per heavy atom. The van der Waals surface area contributed by atoms with Crippen molar-refractivity contribution in [3.63, 3.8) is 0 Å². The summed E-state index contributed by atoms with van der Waals surface area (Å²) in [5, 5.41) is 69.2. The number of allylic oxidation sites excluding steroid dienone is 16. The van der Waals surface area contributed by atoms with Crippen LogP contribution in [0.25, 0.3) is 5.73 Å². The maximum atomic E-state index is 10.2. The van der Waals surface area contributed by atoms with Crippen LogP contribution in [0.3, 0.4) is 0 Å². The second-order valence-corrected chi connectivity index (χ2v) is 15.9. The molecule has 0 rings (SSSR count). The molecule has 13 nitrogen and oxygen atoms in total. The number of carbonyl (C=O) groups is 3. The fourth-order valence-electron chi connectivity index (χ4n) is 5.09. The molecular formula is C57H92MgN3O10-. The van der Waals surface area contributed by atoms with Crippen LogP contribution < -0.4 is 26.8 Å². The Morgan fingerprint density at radius 3 is 1.18 bits per heavy atom. The predicted molar refractivity (Wildman–Crippen MR) is 287 cm³/mol. The van der Waals surface area contributed by atoms with Gasteiger partial charge in [0.1, 0.15) is 0 Å². The Morgan fingerprint density at radius 1 is 0.507 bits per heavy atom. The first-order valence-electron chi connectivity index (χ1n) is 25.0. The van der Waals surface area contributed by atoms with Gasteiger partial charge in [0, 0.05) is 17.9 Å². The molecule has 0 aliphatic heterocycles. The summed E-state index contributed by atoms with van der Waals surface area (Å²) < 4.78 is 0. The van der Waals surface area contributed by atoms with Crippen molar-refractivity contribution in [3.05, 3.63) is 158 Å². The summed E-state index contributed by atoms with van der Waals surface area (Å²) in [6, 6.07) is -1.05. The molecule has 0 bridgehead atoms. The molecule has 14 heteroatoms. The molecule has 11 N–H and O–H groups in total. The van der Waals surface area contributed by atoms with Gasteiger partial charge in [0.15, 0.2) is 0 Å². The molecule has 0 unspecified atom stereocenters. The van der Waals surface area contributed by atoms with E-state index in [-0.39, 0.29) is 29.5 Å². The molecule has 0 aromatic heterocycles. The third kappa shape index (κ3) is 70.1. The number of aliphatic hydroxyl groups is 4. The number of hydrogen-bond acceptors (Lipinski definition) is 10. The summed E-state index contributed by atoms with van der Waals surface area (Å²) in [6.07, 6.45) is 56.9. The molecule has 0 fully saturated rings. The van der Waals surface area contributed by atoms with Gasteiger partial charge in [-0.25, -0.2) is 0 Å². The van der Waals surface area contributed by atoms with Gasteiger partial charge in [0.25, 0.3) is 0 Å². The Balaban J connectivity index is -0.000000295. The van der Waals surface area contributed by atoms with E-state index in [1.807, 2.05) is 85.1 Å². The minimum atomic E-state index is -1.27. The number of aliphatic carboxylic acids is 3. The third-order valence-electron chi connectivity index (χ3n) is 9.16. The van der Waals surface area contributed by atoms with Crippen LogP contribution in [0, 0.1) is 12.8 Å². The number of unbranched alkanes of at least 4 members (excludes halogenated alkanes) is 3. The number of quaternary nitrogens is 2. The molecule has 0 amide bonds. The van der Waals surface area contributed by atoms with Crippen molar-refractivity contribution in [3.8, 4) is 0 Å². The normalized spacial score (nSPS) is 14.7. The van der Waals surface area contributed by atoms with Crippen LogP contribution in [-0.2, 0) is 14.4 Å². The Labute approximate surface area is 444 Å². The molecule has 0 saturated carbocycles. The van der Waals surface area contributed by atoms with Crippen molar-refractivity contribution >= 4 is 41.0 Å². The van der Waals surface area contributed by atoms with E-state index in [4.69, 9.17) is 5.73 Å². The van der Waals surface area contributed by atoms with Crippen molar-refractivity contribution in [2.45, 2.75) is 167 Å². The van der Waals surface area contributed by atoms with Crippen LogP contribution in [0.15, 0.2) is 146 Å². The molecule has 0 radical (unpaired) electrons. The number of hydrogen-bond donors (Lipinski definition) is 6. The second-order valence-electron chi connectivity index (χ2n) is 15.9. The Bertz CT molecular complexity index is 1570. The maximum Gasteiger partial charge on any atom is 2.00 e. The summed E-state index contributed by atoms with van der Waals surface area (Å²) in [4.78, 5) is 30.3. The van der Waals surface area contributed by atoms with Crippen LogP contribution in [0.5, 0.6) is 0 Å². The molecule has 6 atom stereocenters. The number of carboxylic acid groups (broad SMARTS) is 3. The van der Waals surface area contributed by atoms with Crippen molar-refractivity contribution in [1.82, 2.24) is 0 Å². The summed E-state index contributed by atoms with van der Waals surface area (Å²) in [5.74, 6) is -3.91. The first-order chi connectivity index (χ1) is 33.6. The monoisotopic (exact) mass is 1000 g/mol. The van der Waals surface area contributed by atoms with Crippen LogP contribution >= 0.6 is 0 Å². The number of aliphatic hydroxyl groups excluding tert-OH is 4. The van der Waals surface area contributed by atoms with Crippen LogP contribution in [0.4, 0.5) is 0 Å². The molecule has 398 valence electrons. The predicted octanol–water partition coefficient (Wildman–Crippen LogP) is 5.37. The van der Waals surface area contributed by atoms with E-state index in [1.165, 1.54) is 6.42 Å². The van der Waals surface area contributed by atoms with Crippen LogP contribution in [0.1, 0.15) is 136 Å². The number of carbonyl (C=O) groups excluding carboxylic acids is 3. The zero-order chi connectivity index (χ0) is 53.3. The van der Waals surface area contributed by atoms with E-state index >= 15 is 0 Å². The molecular weight excluding hydrogens is 911 g/mol. The molecule has 0 aromatic carbocycles. The van der Waals surface area contributed by atoms with E-state index in [9.17, 15) is 50.1 Å². The van der Waals surface area contributed by atoms with Gasteiger partial charge >= 0.3 is 23.1 Å². The van der Waals surface area contributed by atoms with E-state index in [0.29, 0.717) is 51.4 Å². The average Bonchev–Trinajstić information content (AvgIpc) is 3.32. The van der Waals surface area contributed by atoms with Gasteiger partial charge in [0.05, 0.1) is 37.5 Å². The molecule has 0 aromatic rings. The molecule has 0 aliphatic rings. The van der Waals surface area contributed by atoms with E-state index in [0.717, 1.165) is 64.5 Å². The maximum absolute atomic E-state index is 10.2. The molecule has 0 spiro atoms. The summed E-state index contributed by atoms with van der Waals surface area (Å²) in [5.41, 5.74) is 14.2. The van der Waals surface area contributed by atoms with Gasteiger partial charge in [-0.15, -0.1) is 5.92 Å². The SMILES string of the molecule is CC/C=C\C[C@H](O)/C=C/C=C\C=C\[C@@H](O)C/C=C\C/C=C\CCC.CC/C=C\C[C@H](O)/C=C/C=C\C=C\[C@@H](O)C/C=C\C/C=C\CCC(=O)[O-].[CH2-][C@@H](CCCC[NH3+])C(=O)[O-].[Mg+2].[NH-][C@@H](CCCC[NH3+])C(=O)[O-]. The topological polar surface area (TPSA) is 280 Å². The zero-order valence-corrected chi connectivity index (χ0v) is 44.9. The van der Waals surface area contributed by atoms with Crippen molar-refractivity contribution in [2.24, 2.45) is 5.92 Å². The van der Waals surface area contributed by atoms with Gasteiger partial charge in [-0.05, 0) is 96.3 Å². The van der Waals surface area contributed by atoms with Gasteiger partial charge in [-0.3, -0.25) is 0 Å². The van der Waals surface area contributed by atoms with Crippen molar-refractivity contribution in [2.75, 3.05) is 13.1 Å². The zero-order valence-electron chi connectivity index (χ0n) is 43.5. The van der Waals surface area contributed by atoms with Crippen molar-refractivity contribution < 1.29 is 61.6 Å². The third-order valence-corrected chi connectivity index (χ3v) is 9.16. The molecule has 0 aliphatic carbocycles. The summed E-state index contributed by atoms with van der Waals surface area (Å²) in [7, 11) is 0. The first-order valence-corrected chi connectivity index (χ1v) is 25.0. The Kier molecular flexibility index (Phi) is 66.0.